The second-order valence-electron chi connectivity index (χ2n) is 6.71. The van der Waals surface area contributed by atoms with Gasteiger partial charge in [-0.05, 0) is 41.7 Å². The lowest BCUT2D eigenvalue weighted by Crippen LogP contribution is -2.24. The van der Waals surface area contributed by atoms with Gasteiger partial charge in [0.1, 0.15) is 0 Å². The van der Waals surface area contributed by atoms with Crippen LogP contribution in [0.25, 0.3) is 0 Å². The Morgan fingerprint density at radius 1 is 1.10 bits per heavy atom. The Bertz CT molecular complexity index is 418. The molecule has 0 bridgehead atoms. The molecule has 2 atom stereocenters. The standard InChI is InChI=1S/C18H28S2/c1-5-19-16-11-6-7-12-17(16)20-15-10-8-9-14(13-15)18(2,3)4/h8-10,13,16-17H,5-7,11-12H2,1-4H3/t16-,17?/m0/s1. The normalized spacial score (nSPS) is 23.8. The summed E-state index contributed by atoms with van der Waals surface area (Å²) in [7, 11) is 0. The predicted octanol–water partition coefficient (Wildman–Crippen LogP) is 6.14. The molecule has 0 saturated heterocycles. The molecule has 0 radical (unpaired) electrons. The van der Waals surface area contributed by atoms with E-state index in [9.17, 15) is 0 Å². The van der Waals surface area contributed by atoms with Gasteiger partial charge in [-0.15, -0.1) is 11.8 Å². The summed E-state index contributed by atoms with van der Waals surface area (Å²) in [6.45, 7) is 9.19. The van der Waals surface area contributed by atoms with Crippen LogP contribution in [0.2, 0.25) is 0 Å². The molecule has 0 nitrogen and oxygen atoms in total. The second-order valence-corrected chi connectivity index (χ2v) is 9.54. The van der Waals surface area contributed by atoms with Crippen molar-refractivity contribution >= 4 is 23.5 Å². The van der Waals surface area contributed by atoms with E-state index in [0.717, 1.165) is 10.5 Å². The minimum absolute atomic E-state index is 0.251. The lowest BCUT2D eigenvalue weighted by Gasteiger charge is -2.30. The number of hydrogen-bond acceptors (Lipinski definition) is 2. The quantitative estimate of drug-likeness (QED) is 0.655. The van der Waals surface area contributed by atoms with Crippen LogP contribution in [0.4, 0.5) is 0 Å². The zero-order valence-corrected chi connectivity index (χ0v) is 14.9. The highest BCUT2D eigenvalue weighted by Gasteiger charge is 2.26. The highest BCUT2D eigenvalue weighted by atomic mass is 32.2. The highest BCUT2D eigenvalue weighted by molar-refractivity contribution is 8.03. The molecular formula is C18H28S2. The van der Waals surface area contributed by atoms with E-state index in [0.29, 0.717) is 0 Å². The van der Waals surface area contributed by atoms with Gasteiger partial charge in [-0.1, -0.05) is 52.7 Å². The maximum atomic E-state index is 2.41. The van der Waals surface area contributed by atoms with Crippen LogP contribution in [0.1, 0.15) is 58.9 Å². The van der Waals surface area contributed by atoms with E-state index in [1.807, 2.05) is 0 Å². The van der Waals surface area contributed by atoms with Crippen molar-refractivity contribution in [3.05, 3.63) is 29.8 Å². The number of hydrogen-bond donors (Lipinski definition) is 0. The van der Waals surface area contributed by atoms with E-state index >= 15 is 0 Å². The third-order valence-electron chi connectivity index (χ3n) is 4.01. The SMILES string of the molecule is CCS[C@H]1CCCCC1Sc1cccc(C(C)(C)C)c1. The van der Waals surface area contributed by atoms with Crippen molar-refractivity contribution in [3.8, 4) is 0 Å². The zero-order chi connectivity index (χ0) is 14.6. The minimum atomic E-state index is 0.251. The van der Waals surface area contributed by atoms with Crippen molar-refractivity contribution in [1.29, 1.82) is 0 Å². The third-order valence-corrected chi connectivity index (χ3v) is 6.90. The molecule has 112 valence electrons. The van der Waals surface area contributed by atoms with Crippen molar-refractivity contribution in [2.45, 2.75) is 74.2 Å². The van der Waals surface area contributed by atoms with Gasteiger partial charge < -0.3 is 0 Å². The molecule has 1 aliphatic rings. The van der Waals surface area contributed by atoms with Crippen molar-refractivity contribution in [2.75, 3.05) is 5.75 Å². The van der Waals surface area contributed by atoms with Crippen LogP contribution in [0.15, 0.2) is 29.2 Å². The van der Waals surface area contributed by atoms with Crippen LogP contribution >= 0.6 is 23.5 Å². The molecule has 0 spiro atoms. The van der Waals surface area contributed by atoms with Gasteiger partial charge in [-0.25, -0.2) is 0 Å². The van der Waals surface area contributed by atoms with Crippen molar-refractivity contribution in [1.82, 2.24) is 0 Å². The van der Waals surface area contributed by atoms with Gasteiger partial charge in [-0.2, -0.15) is 11.8 Å². The summed E-state index contributed by atoms with van der Waals surface area (Å²) < 4.78 is 0. The molecule has 0 heterocycles. The molecule has 1 aromatic carbocycles. The second kappa shape index (κ2) is 7.26. The molecule has 1 saturated carbocycles. The minimum Gasteiger partial charge on any atom is -0.158 e. The Balaban J connectivity index is 2.08. The number of rotatable bonds is 4. The van der Waals surface area contributed by atoms with Crippen LogP contribution in [0, 0.1) is 0 Å². The maximum absolute atomic E-state index is 2.41. The molecule has 1 fully saturated rings. The van der Waals surface area contributed by atoms with Crippen LogP contribution in [-0.2, 0) is 5.41 Å². The van der Waals surface area contributed by atoms with Gasteiger partial charge in [-0.3, -0.25) is 0 Å². The molecule has 1 aromatic rings. The molecule has 0 N–H and O–H groups in total. The monoisotopic (exact) mass is 308 g/mol. The van der Waals surface area contributed by atoms with Crippen LogP contribution in [0.5, 0.6) is 0 Å². The molecule has 0 aliphatic heterocycles. The first kappa shape index (κ1) is 16.3. The Morgan fingerprint density at radius 3 is 2.45 bits per heavy atom. The lowest BCUT2D eigenvalue weighted by molar-refractivity contribution is 0.527. The van der Waals surface area contributed by atoms with E-state index in [1.54, 1.807) is 0 Å². The van der Waals surface area contributed by atoms with Gasteiger partial charge in [0.15, 0.2) is 0 Å². The Kier molecular flexibility index (Phi) is 5.92. The van der Waals surface area contributed by atoms with Crippen LogP contribution < -0.4 is 0 Å². The first-order valence-corrected chi connectivity index (χ1v) is 9.82. The van der Waals surface area contributed by atoms with Gasteiger partial charge >= 0.3 is 0 Å². The summed E-state index contributed by atoms with van der Waals surface area (Å²) >= 11 is 4.29. The van der Waals surface area contributed by atoms with Crippen molar-refractivity contribution < 1.29 is 0 Å². The van der Waals surface area contributed by atoms with Crippen LogP contribution in [-0.4, -0.2) is 16.3 Å². The summed E-state index contributed by atoms with van der Waals surface area (Å²) in [4.78, 5) is 1.46. The summed E-state index contributed by atoms with van der Waals surface area (Å²) in [6.07, 6.45) is 5.64. The molecule has 1 unspecified atom stereocenters. The van der Waals surface area contributed by atoms with Gasteiger partial charge in [0.2, 0.25) is 0 Å². The molecule has 20 heavy (non-hydrogen) atoms. The molecular weight excluding hydrogens is 280 g/mol. The molecule has 2 rings (SSSR count). The summed E-state index contributed by atoms with van der Waals surface area (Å²) in [5.41, 5.74) is 1.71. The summed E-state index contributed by atoms with van der Waals surface area (Å²) in [6, 6.07) is 9.20. The van der Waals surface area contributed by atoms with E-state index in [1.165, 1.54) is 41.9 Å². The fourth-order valence-electron chi connectivity index (χ4n) is 2.81. The van der Waals surface area contributed by atoms with Crippen molar-refractivity contribution in [3.63, 3.8) is 0 Å². The first-order chi connectivity index (χ1) is 9.50. The molecule has 0 amide bonds. The fourth-order valence-corrected chi connectivity index (χ4v) is 5.60. The summed E-state index contributed by atoms with van der Waals surface area (Å²) in [5.74, 6) is 1.25. The van der Waals surface area contributed by atoms with Crippen molar-refractivity contribution in [2.24, 2.45) is 0 Å². The average molecular weight is 309 g/mol. The van der Waals surface area contributed by atoms with Crippen LogP contribution in [0.3, 0.4) is 0 Å². The lowest BCUT2D eigenvalue weighted by atomic mass is 9.87. The topological polar surface area (TPSA) is 0 Å². The molecule has 2 heteroatoms. The van der Waals surface area contributed by atoms with E-state index in [2.05, 4.69) is 75.5 Å². The first-order valence-electron chi connectivity index (χ1n) is 7.89. The van der Waals surface area contributed by atoms with Gasteiger partial charge in [0.25, 0.3) is 0 Å². The zero-order valence-electron chi connectivity index (χ0n) is 13.3. The summed E-state index contributed by atoms with van der Waals surface area (Å²) in [5, 5.41) is 1.67. The molecule has 1 aliphatic carbocycles. The number of benzene rings is 1. The van der Waals surface area contributed by atoms with E-state index in [-0.39, 0.29) is 5.41 Å². The molecule has 0 aromatic heterocycles. The van der Waals surface area contributed by atoms with E-state index < -0.39 is 0 Å². The maximum Gasteiger partial charge on any atom is 0.0213 e. The van der Waals surface area contributed by atoms with E-state index in [4.69, 9.17) is 0 Å². The fraction of sp³-hybridized carbons (Fsp3) is 0.667. The predicted molar refractivity (Wildman–Crippen MR) is 95.2 cm³/mol. The van der Waals surface area contributed by atoms with Gasteiger partial charge in [0.05, 0.1) is 0 Å². The highest BCUT2D eigenvalue weighted by Crippen LogP contribution is 2.40. The number of thioether (sulfide) groups is 2. The smallest absolute Gasteiger partial charge is 0.0213 e. The van der Waals surface area contributed by atoms with Gasteiger partial charge in [0, 0.05) is 15.4 Å². The third kappa shape index (κ3) is 4.46. The Morgan fingerprint density at radius 2 is 1.80 bits per heavy atom. The Labute approximate surface area is 133 Å². The average Bonchev–Trinajstić information content (AvgIpc) is 2.41. The Hall–Kier alpha value is -0.0800. The largest absolute Gasteiger partial charge is 0.158 e.